The van der Waals surface area contributed by atoms with E-state index in [1.54, 1.807) is 0 Å². The molecule has 1 heterocycles. The van der Waals surface area contributed by atoms with E-state index in [1.807, 2.05) is 11.8 Å². The van der Waals surface area contributed by atoms with Crippen LogP contribution in [0.3, 0.4) is 0 Å². The molecule has 0 aliphatic carbocycles. The number of hydrogen-bond acceptors (Lipinski definition) is 2. The van der Waals surface area contributed by atoms with Gasteiger partial charge >= 0.3 is 0 Å². The standard InChI is InChI=1S/C10H13NS/c1-2-4-9(5-3-1)6-10-7-11-8-12-10/h1-5,10-11H,6-8H2. The maximum Gasteiger partial charge on any atom is 0.0421 e. The zero-order valence-corrected chi connectivity index (χ0v) is 7.81. The van der Waals surface area contributed by atoms with Crippen LogP contribution in [0, 0.1) is 0 Å². The molecule has 1 aromatic rings. The van der Waals surface area contributed by atoms with E-state index in [1.165, 1.54) is 18.5 Å². The van der Waals surface area contributed by atoms with Crippen molar-refractivity contribution in [2.45, 2.75) is 11.7 Å². The molecule has 0 spiro atoms. The Hall–Kier alpha value is -0.470. The Bertz CT molecular complexity index is 229. The van der Waals surface area contributed by atoms with Crippen molar-refractivity contribution < 1.29 is 0 Å². The van der Waals surface area contributed by atoms with Gasteiger partial charge in [-0.15, -0.1) is 11.8 Å². The minimum atomic E-state index is 0.785. The maximum atomic E-state index is 3.36. The van der Waals surface area contributed by atoms with Crippen LogP contribution in [-0.4, -0.2) is 17.7 Å². The Labute approximate surface area is 77.6 Å². The van der Waals surface area contributed by atoms with E-state index < -0.39 is 0 Å². The van der Waals surface area contributed by atoms with Crippen molar-refractivity contribution in [1.82, 2.24) is 5.32 Å². The van der Waals surface area contributed by atoms with Crippen molar-refractivity contribution >= 4 is 11.8 Å². The van der Waals surface area contributed by atoms with E-state index in [0.717, 1.165) is 11.1 Å². The molecule has 1 N–H and O–H groups in total. The van der Waals surface area contributed by atoms with Crippen LogP contribution in [-0.2, 0) is 6.42 Å². The van der Waals surface area contributed by atoms with E-state index >= 15 is 0 Å². The van der Waals surface area contributed by atoms with Gasteiger partial charge in [0.2, 0.25) is 0 Å². The van der Waals surface area contributed by atoms with Gasteiger partial charge in [-0.1, -0.05) is 30.3 Å². The fraction of sp³-hybridized carbons (Fsp3) is 0.400. The van der Waals surface area contributed by atoms with Gasteiger partial charge in [-0.05, 0) is 12.0 Å². The van der Waals surface area contributed by atoms with Gasteiger partial charge in [0.15, 0.2) is 0 Å². The fourth-order valence-electron chi connectivity index (χ4n) is 1.46. The molecule has 0 saturated carbocycles. The Balaban J connectivity index is 1.94. The van der Waals surface area contributed by atoms with Gasteiger partial charge in [0.05, 0.1) is 0 Å². The molecule has 1 aromatic carbocycles. The third kappa shape index (κ3) is 2.02. The number of thioether (sulfide) groups is 1. The highest BCUT2D eigenvalue weighted by Crippen LogP contribution is 2.18. The van der Waals surface area contributed by atoms with Crippen LogP contribution in [0.1, 0.15) is 5.56 Å². The van der Waals surface area contributed by atoms with E-state index in [2.05, 4.69) is 35.6 Å². The number of nitrogens with one attached hydrogen (secondary N) is 1. The van der Waals surface area contributed by atoms with E-state index in [4.69, 9.17) is 0 Å². The van der Waals surface area contributed by atoms with Crippen LogP contribution in [0.15, 0.2) is 30.3 Å². The summed E-state index contributed by atoms with van der Waals surface area (Å²) in [6.45, 7) is 1.17. The minimum Gasteiger partial charge on any atom is -0.307 e. The molecule has 0 bridgehead atoms. The molecule has 12 heavy (non-hydrogen) atoms. The van der Waals surface area contributed by atoms with Crippen molar-refractivity contribution in [3.05, 3.63) is 35.9 Å². The Kier molecular flexibility index (Phi) is 2.69. The Morgan fingerprint density at radius 2 is 2.17 bits per heavy atom. The molecule has 1 fully saturated rings. The molecule has 64 valence electrons. The van der Waals surface area contributed by atoms with Gasteiger partial charge in [0.1, 0.15) is 0 Å². The van der Waals surface area contributed by atoms with Crippen molar-refractivity contribution in [1.29, 1.82) is 0 Å². The maximum absolute atomic E-state index is 3.36. The SMILES string of the molecule is c1ccc(CC2CNCS2)cc1. The van der Waals surface area contributed by atoms with Crippen molar-refractivity contribution in [2.75, 3.05) is 12.4 Å². The van der Waals surface area contributed by atoms with Crippen molar-refractivity contribution in [2.24, 2.45) is 0 Å². The highest BCUT2D eigenvalue weighted by molar-refractivity contribution is 8.00. The molecular formula is C10H13NS. The largest absolute Gasteiger partial charge is 0.307 e. The fourth-order valence-corrected chi connectivity index (χ4v) is 2.48. The molecule has 0 radical (unpaired) electrons. The first kappa shape index (κ1) is 8.14. The van der Waals surface area contributed by atoms with Gasteiger partial charge in [0.25, 0.3) is 0 Å². The Morgan fingerprint density at radius 1 is 1.33 bits per heavy atom. The molecule has 1 atom stereocenters. The highest BCUT2D eigenvalue weighted by atomic mass is 32.2. The molecule has 1 unspecified atom stereocenters. The molecule has 1 nitrogen and oxygen atoms in total. The second-order valence-electron chi connectivity index (χ2n) is 3.08. The summed E-state index contributed by atoms with van der Waals surface area (Å²) in [5, 5.41) is 4.14. The second kappa shape index (κ2) is 3.97. The third-order valence-electron chi connectivity index (χ3n) is 2.10. The first-order chi connectivity index (χ1) is 5.95. The van der Waals surface area contributed by atoms with Gasteiger partial charge in [-0.2, -0.15) is 0 Å². The predicted octanol–water partition coefficient (Wildman–Crippen LogP) is 1.89. The smallest absolute Gasteiger partial charge is 0.0421 e. The number of hydrogen-bond donors (Lipinski definition) is 1. The van der Waals surface area contributed by atoms with Crippen LogP contribution < -0.4 is 5.32 Å². The zero-order chi connectivity index (χ0) is 8.23. The Morgan fingerprint density at radius 3 is 2.83 bits per heavy atom. The van der Waals surface area contributed by atoms with Gasteiger partial charge in [-0.25, -0.2) is 0 Å². The monoisotopic (exact) mass is 179 g/mol. The average molecular weight is 179 g/mol. The molecule has 1 saturated heterocycles. The first-order valence-corrected chi connectivity index (χ1v) is 5.36. The van der Waals surface area contributed by atoms with E-state index in [0.29, 0.717) is 0 Å². The summed E-state index contributed by atoms with van der Waals surface area (Å²) in [5.41, 5.74) is 1.46. The molecule has 1 aliphatic rings. The molecular weight excluding hydrogens is 166 g/mol. The summed E-state index contributed by atoms with van der Waals surface area (Å²) >= 11 is 2.03. The topological polar surface area (TPSA) is 12.0 Å². The van der Waals surface area contributed by atoms with Crippen LogP contribution in [0.4, 0.5) is 0 Å². The van der Waals surface area contributed by atoms with Crippen LogP contribution >= 0.6 is 11.8 Å². The normalized spacial score (nSPS) is 22.8. The summed E-state index contributed by atoms with van der Waals surface area (Å²) < 4.78 is 0. The number of benzene rings is 1. The zero-order valence-electron chi connectivity index (χ0n) is 6.99. The average Bonchev–Trinajstić information content (AvgIpc) is 2.59. The van der Waals surface area contributed by atoms with Crippen LogP contribution in [0.5, 0.6) is 0 Å². The lowest BCUT2D eigenvalue weighted by molar-refractivity contribution is 0.769. The third-order valence-corrected chi connectivity index (χ3v) is 3.27. The minimum absolute atomic E-state index is 0.785. The summed E-state index contributed by atoms with van der Waals surface area (Å²) in [5.74, 6) is 1.12. The lowest BCUT2D eigenvalue weighted by atomic mass is 10.1. The molecule has 0 aromatic heterocycles. The van der Waals surface area contributed by atoms with E-state index in [-0.39, 0.29) is 0 Å². The molecule has 0 amide bonds. The van der Waals surface area contributed by atoms with Gasteiger partial charge < -0.3 is 5.32 Å². The molecule has 2 heteroatoms. The second-order valence-corrected chi connectivity index (χ2v) is 4.37. The predicted molar refractivity (Wildman–Crippen MR) is 54.4 cm³/mol. The summed E-state index contributed by atoms with van der Waals surface area (Å²) in [7, 11) is 0. The summed E-state index contributed by atoms with van der Waals surface area (Å²) in [6, 6.07) is 10.7. The lowest BCUT2D eigenvalue weighted by Gasteiger charge is -2.06. The van der Waals surface area contributed by atoms with Gasteiger partial charge in [-0.3, -0.25) is 0 Å². The van der Waals surface area contributed by atoms with Crippen LogP contribution in [0.25, 0.3) is 0 Å². The molecule has 1 aliphatic heterocycles. The summed E-state index contributed by atoms with van der Waals surface area (Å²) in [4.78, 5) is 0. The van der Waals surface area contributed by atoms with Crippen molar-refractivity contribution in [3.63, 3.8) is 0 Å². The molecule has 2 rings (SSSR count). The van der Waals surface area contributed by atoms with Crippen LogP contribution in [0.2, 0.25) is 0 Å². The lowest BCUT2D eigenvalue weighted by Crippen LogP contribution is -2.14. The quantitative estimate of drug-likeness (QED) is 0.744. The summed E-state index contributed by atoms with van der Waals surface area (Å²) in [6.07, 6.45) is 1.21. The first-order valence-electron chi connectivity index (χ1n) is 4.31. The van der Waals surface area contributed by atoms with Crippen molar-refractivity contribution in [3.8, 4) is 0 Å². The number of rotatable bonds is 2. The van der Waals surface area contributed by atoms with E-state index in [9.17, 15) is 0 Å². The highest BCUT2D eigenvalue weighted by Gasteiger charge is 2.14. The van der Waals surface area contributed by atoms with Gasteiger partial charge in [0, 0.05) is 17.7 Å².